The topological polar surface area (TPSA) is 73.7 Å². The molecule has 0 unspecified atom stereocenters. The van der Waals surface area contributed by atoms with Gasteiger partial charge in [0.15, 0.2) is 11.5 Å². The molecule has 34 heavy (non-hydrogen) atoms. The maximum Gasteiger partial charge on any atom is 0.261 e. The quantitative estimate of drug-likeness (QED) is 0.372. The Morgan fingerprint density at radius 2 is 1.59 bits per heavy atom. The van der Waals surface area contributed by atoms with E-state index in [1.165, 1.54) is 18.0 Å². The number of aryl methyl sites for hydroxylation is 1. The number of hydrogen-bond acceptors (Lipinski definition) is 5. The van der Waals surface area contributed by atoms with Crippen molar-refractivity contribution >= 4 is 22.5 Å². The number of hydrogen-bond donors (Lipinski definition) is 0. The van der Waals surface area contributed by atoms with Gasteiger partial charge in [0, 0.05) is 24.7 Å². The summed E-state index contributed by atoms with van der Waals surface area (Å²) >= 11 is 0. The number of carbonyl (C=O) groups is 1. The molecule has 0 atom stereocenters. The molecule has 0 aliphatic rings. The summed E-state index contributed by atoms with van der Waals surface area (Å²) in [7, 11) is 3.07. The Labute approximate surface area is 198 Å². The van der Waals surface area contributed by atoms with Crippen molar-refractivity contribution in [3.05, 3.63) is 95.0 Å². The Morgan fingerprint density at radius 1 is 0.941 bits per heavy atom. The van der Waals surface area contributed by atoms with Gasteiger partial charge >= 0.3 is 0 Å². The molecular weight excluding hydrogens is 430 g/mol. The van der Waals surface area contributed by atoms with Crippen molar-refractivity contribution in [2.45, 2.75) is 25.9 Å². The van der Waals surface area contributed by atoms with E-state index in [1.807, 2.05) is 60.7 Å². The molecule has 4 rings (SSSR count). The lowest BCUT2D eigenvalue weighted by atomic mass is 10.1. The highest BCUT2D eigenvalue weighted by molar-refractivity contribution is 5.93. The van der Waals surface area contributed by atoms with Gasteiger partial charge in [-0.15, -0.1) is 0 Å². The number of benzene rings is 3. The fourth-order valence-corrected chi connectivity index (χ4v) is 3.88. The van der Waals surface area contributed by atoms with Gasteiger partial charge in [-0.2, -0.15) is 0 Å². The Balaban J connectivity index is 1.49. The summed E-state index contributed by atoms with van der Waals surface area (Å²) in [6.07, 6.45) is 2.33. The summed E-state index contributed by atoms with van der Waals surface area (Å²) in [5.41, 5.74) is 2.26. The molecule has 0 spiro atoms. The molecule has 0 aliphatic heterocycles. The van der Waals surface area contributed by atoms with Gasteiger partial charge < -0.3 is 14.4 Å². The number of nitrogens with zero attached hydrogens (tertiary/aromatic N) is 3. The van der Waals surface area contributed by atoms with Crippen LogP contribution >= 0.6 is 0 Å². The van der Waals surface area contributed by atoms with Crippen LogP contribution in [0, 0.1) is 0 Å². The van der Waals surface area contributed by atoms with Crippen molar-refractivity contribution < 1.29 is 14.3 Å². The average Bonchev–Trinajstić information content (AvgIpc) is 2.89. The third-order valence-corrected chi connectivity index (χ3v) is 5.67. The maximum absolute atomic E-state index is 13.2. The Hall–Kier alpha value is -4.13. The van der Waals surface area contributed by atoms with Gasteiger partial charge in [0.25, 0.3) is 5.56 Å². The monoisotopic (exact) mass is 457 g/mol. The third kappa shape index (κ3) is 5.09. The summed E-state index contributed by atoms with van der Waals surface area (Å²) in [6.45, 7) is 0.874. The van der Waals surface area contributed by atoms with E-state index in [0.717, 1.165) is 11.3 Å². The van der Waals surface area contributed by atoms with Crippen LogP contribution < -0.4 is 19.9 Å². The third-order valence-electron chi connectivity index (χ3n) is 5.67. The van der Waals surface area contributed by atoms with Gasteiger partial charge in [0.1, 0.15) is 0 Å². The lowest BCUT2D eigenvalue weighted by Crippen LogP contribution is -2.30. The highest BCUT2D eigenvalue weighted by atomic mass is 16.5. The normalized spacial score (nSPS) is 10.8. The van der Waals surface area contributed by atoms with Crippen molar-refractivity contribution in [2.75, 3.05) is 19.1 Å². The number of anilines is 1. The zero-order valence-electron chi connectivity index (χ0n) is 19.3. The summed E-state index contributed by atoms with van der Waals surface area (Å²) in [6, 6.07) is 22.9. The number of methoxy groups -OCH3 is 2. The second-order valence-corrected chi connectivity index (χ2v) is 7.87. The second-order valence-electron chi connectivity index (χ2n) is 7.87. The van der Waals surface area contributed by atoms with E-state index in [1.54, 1.807) is 24.1 Å². The van der Waals surface area contributed by atoms with Crippen molar-refractivity contribution in [1.29, 1.82) is 0 Å². The van der Waals surface area contributed by atoms with Crippen LogP contribution in [-0.2, 0) is 17.9 Å². The van der Waals surface area contributed by atoms with Gasteiger partial charge in [0.2, 0.25) is 5.91 Å². The van der Waals surface area contributed by atoms with Crippen LogP contribution in [0.3, 0.4) is 0 Å². The molecule has 7 heteroatoms. The van der Waals surface area contributed by atoms with E-state index >= 15 is 0 Å². The van der Waals surface area contributed by atoms with Gasteiger partial charge in [-0.1, -0.05) is 48.5 Å². The largest absolute Gasteiger partial charge is 0.493 e. The SMILES string of the molecule is COc1cc2ncn(CCCC(=O)N(Cc3ccccc3)c3ccccc3)c(=O)c2cc1OC. The number of rotatable bonds is 9. The fraction of sp³-hybridized carbons (Fsp3) is 0.222. The predicted molar refractivity (Wildman–Crippen MR) is 132 cm³/mol. The standard InChI is InChI=1S/C27H27N3O4/c1-33-24-16-22-23(17-25(24)34-2)28-19-29(27(22)32)15-9-14-26(31)30(21-12-7-4-8-13-21)18-20-10-5-3-6-11-20/h3-8,10-13,16-17,19H,9,14-15,18H2,1-2H3. The molecule has 174 valence electrons. The van der Waals surface area contributed by atoms with Crippen LogP contribution in [0.25, 0.3) is 10.9 Å². The lowest BCUT2D eigenvalue weighted by molar-refractivity contribution is -0.118. The van der Waals surface area contributed by atoms with E-state index < -0.39 is 0 Å². The summed E-state index contributed by atoms with van der Waals surface area (Å²) < 4.78 is 12.1. The molecule has 0 bridgehead atoms. The van der Waals surface area contributed by atoms with E-state index in [9.17, 15) is 9.59 Å². The molecule has 1 amide bonds. The Bertz CT molecular complexity index is 1320. The van der Waals surface area contributed by atoms with E-state index in [4.69, 9.17) is 9.47 Å². The number of para-hydroxylation sites is 1. The van der Waals surface area contributed by atoms with Gasteiger partial charge in [0.05, 0.1) is 38.0 Å². The Morgan fingerprint density at radius 3 is 2.26 bits per heavy atom. The molecule has 0 fully saturated rings. The van der Waals surface area contributed by atoms with E-state index in [-0.39, 0.29) is 11.5 Å². The van der Waals surface area contributed by atoms with Crippen LogP contribution in [0.15, 0.2) is 83.9 Å². The minimum Gasteiger partial charge on any atom is -0.493 e. The maximum atomic E-state index is 13.2. The molecule has 0 N–H and O–H groups in total. The number of carbonyl (C=O) groups excluding carboxylic acids is 1. The first-order chi connectivity index (χ1) is 16.6. The molecule has 1 heterocycles. The second kappa shape index (κ2) is 10.7. The van der Waals surface area contributed by atoms with Crippen LogP contribution in [0.1, 0.15) is 18.4 Å². The zero-order valence-corrected chi connectivity index (χ0v) is 19.3. The molecule has 0 aliphatic carbocycles. The van der Waals surface area contributed by atoms with Crippen LogP contribution in [0.4, 0.5) is 5.69 Å². The summed E-state index contributed by atoms with van der Waals surface area (Å²) in [5.74, 6) is 0.995. The van der Waals surface area contributed by atoms with Crippen molar-refractivity contribution in [1.82, 2.24) is 9.55 Å². The Kier molecular flexibility index (Phi) is 7.22. The molecule has 4 aromatic rings. The first-order valence-corrected chi connectivity index (χ1v) is 11.1. The van der Waals surface area contributed by atoms with E-state index in [0.29, 0.717) is 48.3 Å². The minimum atomic E-state index is -0.178. The molecule has 0 radical (unpaired) electrons. The van der Waals surface area contributed by atoms with Gasteiger partial charge in [-0.3, -0.25) is 14.2 Å². The predicted octanol–water partition coefficient (Wildman–Crippen LogP) is 4.43. The first kappa shape index (κ1) is 23.0. The summed E-state index contributed by atoms with van der Waals surface area (Å²) in [4.78, 5) is 32.4. The molecule has 0 saturated heterocycles. The van der Waals surface area contributed by atoms with Gasteiger partial charge in [-0.05, 0) is 30.2 Å². The average molecular weight is 458 g/mol. The number of aromatic nitrogens is 2. The minimum absolute atomic E-state index is 0.00301. The number of fused-ring (bicyclic) bond motifs is 1. The van der Waals surface area contributed by atoms with Crippen molar-refractivity contribution in [3.8, 4) is 11.5 Å². The molecule has 3 aromatic carbocycles. The highest BCUT2D eigenvalue weighted by Gasteiger charge is 2.16. The zero-order chi connectivity index (χ0) is 23.9. The van der Waals surface area contributed by atoms with E-state index in [2.05, 4.69) is 4.98 Å². The van der Waals surface area contributed by atoms with Gasteiger partial charge in [-0.25, -0.2) is 4.98 Å². The number of ether oxygens (including phenoxy) is 2. The van der Waals surface area contributed by atoms with Crippen LogP contribution in [0.2, 0.25) is 0 Å². The lowest BCUT2D eigenvalue weighted by Gasteiger charge is -2.23. The van der Waals surface area contributed by atoms with Crippen LogP contribution in [0.5, 0.6) is 11.5 Å². The fourth-order valence-electron chi connectivity index (χ4n) is 3.88. The van der Waals surface area contributed by atoms with Crippen molar-refractivity contribution in [3.63, 3.8) is 0 Å². The first-order valence-electron chi connectivity index (χ1n) is 11.1. The summed E-state index contributed by atoms with van der Waals surface area (Å²) in [5, 5.41) is 0.446. The number of amides is 1. The molecule has 0 saturated carbocycles. The molecule has 7 nitrogen and oxygen atoms in total. The molecular formula is C27H27N3O4. The van der Waals surface area contributed by atoms with Crippen LogP contribution in [-0.4, -0.2) is 29.7 Å². The highest BCUT2D eigenvalue weighted by Crippen LogP contribution is 2.29. The van der Waals surface area contributed by atoms with Crippen molar-refractivity contribution in [2.24, 2.45) is 0 Å². The smallest absolute Gasteiger partial charge is 0.261 e. The molecule has 1 aromatic heterocycles.